The molecule has 0 saturated heterocycles. The molecule has 0 amide bonds. The van der Waals surface area contributed by atoms with Gasteiger partial charge in [0.2, 0.25) is 0 Å². The Bertz CT molecular complexity index is 837. The van der Waals surface area contributed by atoms with Crippen molar-refractivity contribution in [1.29, 1.82) is 0 Å². The number of aromatic hydroxyl groups is 2. The van der Waals surface area contributed by atoms with E-state index in [0.29, 0.717) is 28.7 Å². The van der Waals surface area contributed by atoms with Gasteiger partial charge >= 0.3 is 0 Å². The molecule has 2 aromatic rings. The van der Waals surface area contributed by atoms with Crippen LogP contribution in [0.15, 0.2) is 54.0 Å². The van der Waals surface area contributed by atoms with E-state index in [9.17, 15) is 24.8 Å². The molecule has 3 rings (SSSR count). The summed E-state index contributed by atoms with van der Waals surface area (Å²) in [5.74, 6) is -1.30. The van der Waals surface area contributed by atoms with Gasteiger partial charge in [-0.2, -0.15) is 0 Å². The molecule has 4 N–H and O–H groups in total. The Morgan fingerprint density at radius 1 is 0.783 bits per heavy atom. The van der Waals surface area contributed by atoms with Crippen molar-refractivity contribution in [2.24, 2.45) is 0 Å². The second-order valence-corrected chi connectivity index (χ2v) is 5.40. The summed E-state index contributed by atoms with van der Waals surface area (Å²) in [6, 6.07) is 8.89. The third kappa shape index (κ3) is 2.85. The number of aliphatic hydroxyl groups is 2. The largest absolute Gasteiger partial charge is 0.508 e. The van der Waals surface area contributed by atoms with E-state index in [1.807, 2.05) is 0 Å². The summed E-state index contributed by atoms with van der Waals surface area (Å²) >= 11 is 0. The number of hydrogen-bond acceptors (Lipinski definition) is 4. The minimum absolute atomic E-state index is 0.0923. The number of phenols is 2. The van der Waals surface area contributed by atoms with Crippen LogP contribution in [-0.4, -0.2) is 20.4 Å². The Hall–Kier alpha value is -2.95. The Balaban J connectivity index is 1.98. The van der Waals surface area contributed by atoms with Crippen molar-refractivity contribution < 1.29 is 24.8 Å². The molecule has 5 heteroatoms. The second-order valence-electron chi connectivity index (χ2n) is 5.40. The van der Waals surface area contributed by atoms with Gasteiger partial charge in [0, 0.05) is 12.0 Å². The molecule has 4 nitrogen and oxygen atoms in total. The monoisotopic (exact) mass is 314 g/mol. The highest BCUT2D eigenvalue weighted by Gasteiger charge is 2.16. The van der Waals surface area contributed by atoms with Crippen molar-refractivity contribution in [2.45, 2.75) is 12.8 Å². The van der Waals surface area contributed by atoms with Gasteiger partial charge in [0.25, 0.3) is 0 Å². The second kappa shape index (κ2) is 5.68. The van der Waals surface area contributed by atoms with E-state index in [0.717, 1.165) is 0 Å². The number of benzene rings is 2. The first kappa shape index (κ1) is 15.0. The van der Waals surface area contributed by atoms with Gasteiger partial charge in [-0.1, -0.05) is 18.2 Å². The van der Waals surface area contributed by atoms with E-state index in [4.69, 9.17) is 0 Å². The molecule has 0 aliphatic heterocycles. The smallest absolute Gasteiger partial charge is 0.158 e. The molecule has 118 valence electrons. The van der Waals surface area contributed by atoms with Gasteiger partial charge in [0.15, 0.2) is 17.3 Å². The van der Waals surface area contributed by atoms with Crippen LogP contribution in [0.2, 0.25) is 0 Å². The van der Waals surface area contributed by atoms with Crippen LogP contribution in [0.1, 0.15) is 18.4 Å². The van der Waals surface area contributed by atoms with Gasteiger partial charge in [-0.25, -0.2) is 4.39 Å². The van der Waals surface area contributed by atoms with Crippen molar-refractivity contribution in [2.75, 3.05) is 0 Å². The van der Waals surface area contributed by atoms with Crippen LogP contribution >= 0.6 is 0 Å². The fourth-order valence-corrected chi connectivity index (χ4v) is 2.57. The van der Waals surface area contributed by atoms with Crippen LogP contribution in [0.3, 0.4) is 0 Å². The molecule has 0 unspecified atom stereocenters. The molecule has 0 heterocycles. The quantitative estimate of drug-likeness (QED) is 0.619. The molecule has 0 saturated carbocycles. The number of halogens is 1. The molecular formula is C18H15FO4. The fourth-order valence-electron chi connectivity index (χ4n) is 2.57. The zero-order valence-corrected chi connectivity index (χ0v) is 12.1. The van der Waals surface area contributed by atoms with Gasteiger partial charge in [-0.3, -0.25) is 0 Å². The third-order valence-corrected chi connectivity index (χ3v) is 3.86. The van der Waals surface area contributed by atoms with E-state index in [1.165, 1.54) is 24.3 Å². The van der Waals surface area contributed by atoms with Crippen LogP contribution in [-0.2, 0) is 0 Å². The van der Waals surface area contributed by atoms with Crippen LogP contribution < -0.4 is 0 Å². The number of rotatable bonds is 2. The summed E-state index contributed by atoms with van der Waals surface area (Å²) in [5.41, 5.74) is 2.10. The molecule has 1 aliphatic rings. The number of allylic oxidation sites excluding steroid dienone is 3. The standard InChI is InChI=1S/C18H15FO4/c19-14-7-10(11-2-5-15(20)17(22)8-11)1-4-13(14)12-3-6-16(21)18(23)9-12/h1-2,4-5,7-9,20-23H,3,6H2. The molecule has 2 aromatic carbocycles. The van der Waals surface area contributed by atoms with Crippen molar-refractivity contribution in [1.82, 2.24) is 0 Å². The lowest BCUT2D eigenvalue weighted by Gasteiger charge is -2.15. The maximum Gasteiger partial charge on any atom is 0.158 e. The molecule has 0 fully saturated rings. The van der Waals surface area contributed by atoms with Gasteiger partial charge < -0.3 is 20.4 Å². The first-order valence-electron chi connectivity index (χ1n) is 7.09. The molecule has 23 heavy (non-hydrogen) atoms. The van der Waals surface area contributed by atoms with E-state index >= 15 is 0 Å². The Morgan fingerprint density at radius 2 is 1.48 bits per heavy atom. The topological polar surface area (TPSA) is 80.9 Å². The number of aliphatic hydroxyl groups excluding tert-OH is 2. The van der Waals surface area contributed by atoms with Crippen LogP contribution in [0.25, 0.3) is 16.7 Å². The first-order chi connectivity index (χ1) is 11.0. The Kier molecular flexibility index (Phi) is 3.70. The van der Waals surface area contributed by atoms with Crippen LogP contribution in [0, 0.1) is 5.82 Å². The van der Waals surface area contributed by atoms with Gasteiger partial charge in [-0.15, -0.1) is 0 Å². The highest BCUT2D eigenvalue weighted by atomic mass is 19.1. The summed E-state index contributed by atoms with van der Waals surface area (Å²) in [6.07, 6.45) is 2.07. The van der Waals surface area contributed by atoms with E-state index in [1.54, 1.807) is 18.2 Å². The van der Waals surface area contributed by atoms with Crippen molar-refractivity contribution in [3.8, 4) is 22.6 Å². The molecule has 0 spiro atoms. The highest BCUT2D eigenvalue weighted by molar-refractivity contribution is 5.74. The van der Waals surface area contributed by atoms with Gasteiger partial charge in [0.1, 0.15) is 11.6 Å². The molecule has 0 aromatic heterocycles. The Morgan fingerprint density at radius 3 is 2.13 bits per heavy atom. The summed E-state index contributed by atoms with van der Waals surface area (Å²) in [7, 11) is 0. The average Bonchev–Trinajstić information content (AvgIpc) is 2.53. The number of phenolic OH excluding ortho intramolecular Hbond substituents is 2. The summed E-state index contributed by atoms with van der Waals surface area (Å²) in [5, 5.41) is 37.8. The van der Waals surface area contributed by atoms with Gasteiger partial charge in [0.05, 0.1) is 0 Å². The summed E-state index contributed by atoms with van der Waals surface area (Å²) in [6.45, 7) is 0. The van der Waals surface area contributed by atoms with Crippen LogP contribution in [0.4, 0.5) is 4.39 Å². The minimum atomic E-state index is -0.462. The average molecular weight is 314 g/mol. The van der Waals surface area contributed by atoms with E-state index < -0.39 is 5.82 Å². The maximum absolute atomic E-state index is 14.4. The summed E-state index contributed by atoms with van der Waals surface area (Å²) in [4.78, 5) is 0. The summed E-state index contributed by atoms with van der Waals surface area (Å²) < 4.78 is 14.4. The predicted octanol–water partition coefficient (Wildman–Crippen LogP) is 4.41. The number of hydrogen-bond donors (Lipinski definition) is 4. The molecular weight excluding hydrogens is 299 g/mol. The highest BCUT2D eigenvalue weighted by Crippen LogP contribution is 2.34. The zero-order chi connectivity index (χ0) is 16.6. The zero-order valence-electron chi connectivity index (χ0n) is 12.1. The Labute approximate surface area is 132 Å². The minimum Gasteiger partial charge on any atom is -0.508 e. The fraction of sp³-hybridized carbons (Fsp3) is 0.111. The molecule has 0 atom stereocenters. The molecule has 1 aliphatic carbocycles. The van der Waals surface area contributed by atoms with Crippen molar-refractivity contribution >= 4 is 5.57 Å². The first-order valence-corrected chi connectivity index (χ1v) is 7.09. The lowest BCUT2D eigenvalue weighted by molar-refractivity contribution is 0.320. The lowest BCUT2D eigenvalue weighted by atomic mass is 9.93. The molecule has 0 radical (unpaired) electrons. The van der Waals surface area contributed by atoms with Crippen molar-refractivity contribution in [3.05, 3.63) is 65.4 Å². The van der Waals surface area contributed by atoms with E-state index in [2.05, 4.69) is 0 Å². The van der Waals surface area contributed by atoms with Crippen LogP contribution in [0.5, 0.6) is 11.5 Å². The normalized spacial score (nSPS) is 14.7. The van der Waals surface area contributed by atoms with E-state index in [-0.39, 0.29) is 29.4 Å². The molecule has 0 bridgehead atoms. The van der Waals surface area contributed by atoms with Gasteiger partial charge in [-0.05, 0) is 47.4 Å². The predicted molar refractivity (Wildman–Crippen MR) is 84.7 cm³/mol. The third-order valence-electron chi connectivity index (χ3n) is 3.86. The maximum atomic E-state index is 14.4. The SMILES string of the molecule is OC1=C(O)CCC(c2ccc(-c3ccc(O)c(O)c3)cc2F)=C1. The van der Waals surface area contributed by atoms with Crippen molar-refractivity contribution in [3.63, 3.8) is 0 Å². The lowest BCUT2D eigenvalue weighted by Crippen LogP contribution is -2.00.